The molecule has 1 saturated heterocycles. The SMILES string of the molecule is Nc1ccccc1OCCC(=O)OC1CCCCNC1=O. The molecule has 6 heteroatoms. The molecule has 0 saturated carbocycles. The molecule has 3 N–H and O–H groups in total. The first-order chi connectivity index (χ1) is 10.2. The molecule has 1 amide bonds. The van der Waals surface area contributed by atoms with E-state index < -0.39 is 12.1 Å². The zero-order valence-electron chi connectivity index (χ0n) is 11.8. The van der Waals surface area contributed by atoms with Crippen molar-refractivity contribution in [2.45, 2.75) is 31.8 Å². The summed E-state index contributed by atoms with van der Waals surface area (Å²) in [5, 5.41) is 2.73. The van der Waals surface area contributed by atoms with Gasteiger partial charge in [0.1, 0.15) is 5.75 Å². The van der Waals surface area contributed by atoms with E-state index in [1.165, 1.54) is 0 Å². The highest BCUT2D eigenvalue weighted by Crippen LogP contribution is 2.19. The second kappa shape index (κ2) is 7.52. The molecule has 0 aromatic heterocycles. The second-order valence-electron chi connectivity index (χ2n) is 4.90. The van der Waals surface area contributed by atoms with Crippen LogP contribution in [0, 0.1) is 0 Å². The minimum Gasteiger partial charge on any atom is -0.491 e. The molecule has 1 atom stereocenters. The van der Waals surface area contributed by atoms with Gasteiger partial charge in [-0.15, -0.1) is 0 Å². The number of anilines is 1. The van der Waals surface area contributed by atoms with Crippen molar-refractivity contribution in [1.29, 1.82) is 0 Å². The second-order valence-corrected chi connectivity index (χ2v) is 4.90. The first-order valence-corrected chi connectivity index (χ1v) is 7.11. The fraction of sp³-hybridized carbons (Fsp3) is 0.467. The topological polar surface area (TPSA) is 90.7 Å². The number of carbonyl (C=O) groups excluding carboxylic acids is 2. The number of hydrogen-bond donors (Lipinski definition) is 2. The normalized spacial score (nSPS) is 18.5. The fourth-order valence-electron chi connectivity index (χ4n) is 2.10. The van der Waals surface area contributed by atoms with Gasteiger partial charge in [-0.2, -0.15) is 0 Å². The minimum absolute atomic E-state index is 0.0815. The maximum absolute atomic E-state index is 11.7. The summed E-state index contributed by atoms with van der Waals surface area (Å²) in [5.41, 5.74) is 6.25. The first-order valence-electron chi connectivity index (χ1n) is 7.11. The van der Waals surface area contributed by atoms with E-state index in [9.17, 15) is 9.59 Å². The third-order valence-electron chi connectivity index (χ3n) is 3.24. The van der Waals surface area contributed by atoms with Crippen molar-refractivity contribution in [3.05, 3.63) is 24.3 Å². The van der Waals surface area contributed by atoms with Crippen LogP contribution in [0.1, 0.15) is 25.7 Å². The highest BCUT2D eigenvalue weighted by Gasteiger charge is 2.24. The molecule has 1 unspecified atom stereocenters. The predicted octanol–water partition coefficient (Wildman–Crippen LogP) is 1.25. The summed E-state index contributed by atoms with van der Waals surface area (Å²) in [7, 11) is 0. The number of benzene rings is 1. The van der Waals surface area contributed by atoms with Crippen LogP contribution in [0.5, 0.6) is 5.75 Å². The van der Waals surface area contributed by atoms with Gasteiger partial charge in [-0.1, -0.05) is 12.1 Å². The smallest absolute Gasteiger partial charge is 0.310 e. The Morgan fingerprint density at radius 1 is 1.33 bits per heavy atom. The Balaban J connectivity index is 1.74. The van der Waals surface area contributed by atoms with Gasteiger partial charge in [0.15, 0.2) is 6.10 Å². The Labute approximate surface area is 123 Å². The van der Waals surface area contributed by atoms with E-state index in [0.717, 1.165) is 12.8 Å². The van der Waals surface area contributed by atoms with Crippen LogP contribution in [0.2, 0.25) is 0 Å². The Bertz CT molecular complexity index is 504. The lowest BCUT2D eigenvalue weighted by atomic mass is 10.2. The molecule has 0 radical (unpaired) electrons. The number of para-hydroxylation sites is 2. The summed E-state index contributed by atoms with van der Waals surface area (Å²) < 4.78 is 10.6. The van der Waals surface area contributed by atoms with Crippen LogP contribution in [0.4, 0.5) is 5.69 Å². The highest BCUT2D eigenvalue weighted by atomic mass is 16.6. The van der Waals surface area contributed by atoms with Crippen molar-refractivity contribution in [1.82, 2.24) is 5.32 Å². The van der Waals surface area contributed by atoms with Crippen LogP contribution >= 0.6 is 0 Å². The number of hydrogen-bond acceptors (Lipinski definition) is 5. The Morgan fingerprint density at radius 3 is 2.95 bits per heavy atom. The number of carbonyl (C=O) groups is 2. The third kappa shape index (κ3) is 4.66. The van der Waals surface area contributed by atoms with Crippen molar-refractivity contribution in [3.63, 3.8) is 0 Å². The quantitative estimate of drug-likeness (QED) is 0.629. The maximum Gasteiger partial charge on any atom is 0.310 e. The lowest BCUT2D eigenvalue weighted by molar-refractivity contribution is -0.156. The number of rotatable bonds is 5. The lowest BCUT2D eigenvalue weighted by Crippen LogP contribution is -2.36. The molecule has 0 bridgehead atoms. The molecule has 1 fully saturated rings. The van der Waals surface area contributed by atoms with Gasteiger partial charge in [-0.05, 0) is 31.4 Å². The van der Waals surface area contributed by atoms with E-state index in [-0.39, 0.29) is 18.9 Å². The van der Waals surface area contributed by atoms with Gasteiger partial charge < -0.3 is 20.5 Å². The molecule has 0 spiro atoms. The Hall–Kier alpha value is -2.24. The molecule has 21 heavy (non-hydrogen) atoms. The van der Waals surface area contributed by atoms with Crippen molar-refractivity contribution >= 4 is 17.6 Å². The standard InChI is InChI=1S/C15H20N2O4/c16-11-5-1-2-6-12(11)20-10-8-14(18)21-13-7-3-4-9-17-15(13)19/h1-2,5-6,13H,3-4,7-10,16H2,(H,17,19). The number of nitrogens with one attached hydrogen (secondary N) is 1. The molecule has 1 aromatic rings. The fourth-order valence-corrected chi connectivity index (χ4v) is 2.10. The van der Waals surface area contributed by atoms with Crippen molar-refractivity contribution in [2.75, 3.05) is 18.9 Å². The van der Waals surface area contributed by atoms with Gasteiger partial charge in [0, 0.05) is 6.54 Å². The Kier molecular flexibility index (Phi) is 5.43. The van der Waals surface area contributed by atoms with Crippen LogP contribution in [0.25, 0.3) is 0 Å². The van der Waals surface area contributed by atoms with Crippen molar-refractivity contribution < 1.29 is 19.1 Å². The molecule has 6 nitrogen and oxygen atoms in total. The molecule has 1 aliphatic heterocycles. The van der Waals surface area contributed by atoms with Crippen LogP contribution in [0.3, 0.4) is 0 Å². The molecule has 2 rings (SSSR count). The zero-order chi connectivity index (χ0) is 15.1. The third-order valence-corrected chi connectivity index (χ3v) is 3.24. The average Bonchev–Trinajstić information content (AvgIpc) is 2.66. The van der Waals surface area contributed by atoms with Crippen LogP contribution in [0.15, 0.2) is 24.3 Å². The summed E-state index contributed by atoms with van der Waals surface area (Å²) in [6.45, 7) is 0.810. The molecule has 1 heterocycles. The van der Waals surface area contributed by atoms with Gasteiger partial charge in [-0.25, -0.2) is 0 Å². The van der Waals surface area contributed by atoms with Gasteiger partial charge in [-0.3, -0.25) is 9.59 Å². The highest BCUT2D eigenvalue weighted by molar-refractivity contribution is 5.83. The number of ether oxygens (including phenoxy) is 2. The number of amides is 1. The number of nitrogens with two attached hydrogens (primary N) is 1. The lowest BCUT2D eigenvalue weighted by Gasteiger charge is -2.14. The molecule has 1 aromatic carbocycles. The summed E-state index contributed by atoms with van der Waals surface area (Å²) in [6.07, 6.45) is 1.76. The van der Waals surface area contributed by atoms with Crippen molar-refractivity contribution in [2.24, 2.45) is 0 Å². The largest absolute Gasteiger partial charge is 0.491 e. The van der Waals surface area contributed by atoms with E-state index in [4.69, 9.17) is 15.2 Å². The Morgan fingerprint density at radius 2 is 2.14 bits per heavy atom. The van der Waals surface area contributed by atoms with Crippen LogP contribution in [-0.4, -0.2) is 31.1 Å². The molecule has 0 aliphatic carbocycles. The zero-order valence-corrected chi connectivity index (χ0v) is 11.8. The van der Waals surface area contributed by atoms with E-state index in [1.807, 2.05) is 0 Å². The first kappa shape index (κ1) is 15.2. The molecule has 1 aliphatic rings. The van der Waals surface area contributed by atoms with E-state index >= 15 is 0 Å². The minimum atomic E-state index is -0.679. The van der Waals surface area contributed by atoms with Crippen molar-refractivity contribution in [3.8, 4) is 5.75 Å². The van der Waals surface area contributed by atoms with Gasteiger partial charge >= 0.3 is 5.97 Å². The molecular weight excluding hydrogens is 272 g/mol. The molecular formula is C15H20N2O4. The summed E-state index contributed by atoms with van der Waals surface area (Å²) in [5.74, 6) is -0.113. The molecule has 114 valence electrons. The van der Waals surface area contributed by atoms with E-state index in [0.29, 0.717) is 24.4 Å². The number of nitrogen functional groups attached to an aromatic ring is 1. The van der Waals surface area contributed by atoms with Crippen LogP contribution < -0.4 is 15.8 Å². The van der Waals surface area contributed by atoms with Crippen LogP contribution in [-0.2, 0) is 14.3 Å². The predicted molar refractivity (Wildman–Crippen MR) is 77.7 cm³/mol. The average molecular weight is 292 g/mol. The van der Waals surface area contributed by atoms with E-state index in [1.54, 1.807) is 24.3 Å². The van der Waals surface area contributed by atoms with Gasteiger partial charge in [0.05, 0.1) is 18.7 Å². The summed E-state index contributed by atoms with van der Waals surface area (Å²) in [6, 6.07) is 7.07. The summed E-state index contributed by atoms with van der Waals surface area (Å²) in [4.78, 5) is 23.4. The van der Waals surface area contributed by atoms with E-state index in [2.05, 4.69) is 5.32 Å². The number of esters is 1. The van der Waals surface area contributed by atoms with Gasteiger partial charge in [0.25, 0.3) is 5.91 Å². The van der Waals surface area contributed by atoms with Gasteiger partial charge in [0.2, 0.25) is 0 Å². The monoisotopic (exact) mass is 292 g/mol. The summed E-state index contributed by atoms with van der Waals surface area (Å²) >= 11 is 0. The maximum atomic E-state index is 11.7.